The van der Waals surface area contributed by atoms with E-state index in [-0.39, 0.29) is 0 Å². The normalized spacial score (nSPS) is 12.0. The van der Waals surface area contributed by atoms with E-state index in [0.717, 1.165) is 56.1 Å². The smallest absolute Gasteiger partial charge is 0.221 e. The second-order valence-corrected chi connectivity index (χ2v) is 19.1. The molecule has 60 heavy (non-hydrogen) atoms. The molecule has 0 aliphatic rings. The summed E-state index contributed by atoms with van der Waals surface area (Å²) in [6.07, 6.45) is 0. The van der Waals surface area contributed by atoms with Crippen LogP contribution in [-0.4, -0.2) is 36.6 Å². The van der Waals surface area contributed by atoms with E-state index >= 15 is 0 Å². The predicted molar refractivity (Wildman–Crippen MR) is 249 cm³/mol. The van der Waals surface area contributed by atoms with Crippen molar-refractivity contribution in [2.45, 2.75) is 0 Å². The lowest BCUT2D eigenvalue weighted by molar-refractivity contribution is 0.980. The molecule has 0 saturated carbocycles. The molecule has 0 aliphatic carbocycles. The number of para-hydroxylation sites is 4. The number of hydrogen-bond donors (Lipinski definition) is 0. The summed E-state index contributed by atoms with van der Waals surface area (Å²) in [6, 6.07) is 78.2. The minimum atomic E-state index is -2.80. The lowest BCUT2D eigenvalue weighted by atomic mass is 10.2. The Bertz CT molecular complexity index is 3390. The molecule has 7 heteroatoms. The highest BCUT2D eigenvalue weighted by Crippen LogP contribution is 2.34. The first-order chi connectivity index (χ1) is 29.8. The van der Waals surface area contributed by atoms with E-state index in [4.69, 9.17) is 15.0 Å². The van der Waals surface area contributed by atoms with Crippen LogP contribution in [0.25, 0.3) is 72.7 Å². The van der Waals surface area contributed by atoms with Gasteiger partial charge in [-0.05, 0) is 57.1 Å². The number of imidazole rings is 2. The molecule has 0 atom stereocenters. The number of aromatic nitrogens is 6. The summed E-state index contributed by atoms with van der Waals surface area (Å²) in [5, 5.41) is 7.64. The summed E-state index contributed by atoms with van der Waals surface area (Å²) in [6.45, 7) is 0. The summed E-state index contributed by atoms with van der Waals surface area (Å²) >= 11 is 0. The van der Waals surface area contributed by atoms with Crippen LogP contribution in [0.3, 0.4) is 0 Å². The molecule has 282 valence electrons. The van der Waals surface area contributed by atoms with Crippen LogP contribution < -0.4 is 20.7 Å². The number of nitrogens with zero attached hydrogens (tertiary/aromatic N) is 6. The molecule has 0 unspecified atom stereocenters. The van der Waals surface area contributed by atoms with E-state index in [1.807, 2.05) is 18.2 Å². The molecule has 12 aromatic rings. The molecular formula is C53H36N6Si. The maximum Gasteiger partial charge on any atom is 0.221 e. The fourth-order valence-corrected chi connectivity index (χ4v) is 14.2. The molecule has 0 bridgehead atoms. The zero-order chi connectivity index (χ0) is 39.6. The van der Waals surface area contributed by atoms with E-state index in [9.17, 15) is 0 Å². The Balaban J connectivity index is 1.16. The van der Waals surface area contributed by atoms with Gasteiger partial charge in [0.2, 0.25) is 5.78 Å². The van der Waals surface area contributed by atoms with Gasteiger partial charge in [-0.15, -0.1) is 0 Å². The van der Waals surface area contributed by atoms with Gasteiger partial charge in [0.15, 0.2) is 13.9 Å². The van der Waals surface area contributed by atoms with Crippen LogP contribution >= 0.6 is 0 Å². The summed E-state index contributed by atoms with van der Waals surface area (Å²) in [7, 11) is -2.80. The highest BCUT2D eigenvalue weighted by atomic mass is 28.3. The average Bonchev–Trinajstić information content (AvgIpc) is 3.97. The molecule has 0 saturated heterocycles. The topological polar surface area (TPSA) is 52.9 Å². The lowest BCUT2D eigenvalue weighted by Crippen LogP contribution is -2.74. The summed E-state index contributed by atoms with van der Waals surface area (Å²) < 4.78 is 6.79. The first-order valence-corrected chi connectivity index (χ1v) is 22.3. The Morgan fingerprint density at radius 1 is 0.333 bits per heavy atom. The van der Waals surface area contributed by atoms with Gasteiger partial charge in [-0.25, -0.2) is 15.0 Å². The summed E-state index contributed by atoms with van der Waals surface area (Å²) in [4.78, 5) is 16.1. The second-order valence-electron chi connectivity index (χ2n) is 15.3. The van der Waals surface area contributed by atoms with Gasteiger partial charge in [-0.1, -0.05) is 176 Å². The minimum Gasteiger partial charge on any atom is -0.294 e. The number of benzene rings is 8. The van der Waals surface area contributed by atoms with Crippen LogP contribution in [0.4, 0.5) is 0 Å². The highest BCUT2D eigenvalue weighted by Gasteiger charge is 2.41. The largest absolute Gasteiger partial charge is 0.294 e. The van der Waals surface area contributed by atoms with Crippen molar-refractivity contribution in [1.82, 2.24) is 28.5 Å². The molecule has 0 radical (unpaired) electrons. The van der Waals surface area contributed by atoms with Crippen LogP contribution in [-0.2, 0) is 0 Å². The van der Waals surface area contributed by atoms with E-state index in [1.54, 1.807) is 0 Å². The fraction of sp³-hybridized carbons (Fsp3) is 0. The summed E-state index contributed by atoms with van der Waals surface area (Å²) in [5.74, 6) is 2.96. The highest BCUT2D eigenvalue weighted by molar-refractivity contribution is 7.20. The Morgan fingerprint density at radius 2 is 0.800 bits per heavy atom. The van der Waals surface area contributed by atoms with Crippen molar-refractivity contribution in [3.8, 4) is 23.0 Å². The summed E-state index contributed by atoms with van der Waals surface area (Å²) in [5.41, 5.74) is 7.16. The SMILES string of the molecule is c1ccc(-c2nc(-n3c4ccccc4c4ccccc43)cc(-n3c4ccccc4n4c5cc([Si](c6ccccc6)(c6ccccc6)c6ccccc6)ccc5nc34)n2)cc1. The van der Waals surface area contributed by atoms with E-state index in [0.29, 0.717) is 5.82 Å². The van der Waals surface area contributed by atoms with Gasteiger partial charge in [0, 0.05) is 22.4 Å². The van der Waals surface area contributed by atoms with Crippen molar-refractivity contribution in [2.75, 3.05) is 0 Å². The molecule has 0 fully saturated rings. The van der Waals surface area contributed by atoms with Crippen LogP contribution in [0.1, 0.15) is 0 Å². The monoisotopic (exact) mass is 784 g/mol. The van der Waals surface area contributed by atoms with Crippen molar-refractivity contribution in [2.24, 2.45) is 0 Å². The quantitative estimate of drug-likeness (QED) is 0.120. The van der Waals surface area contributed by atoms with Gasteiger partial charge < -0.3 is 0 Å². The van der Waals surface area contributed by atoms with Gasteiger partial charge in [-0.2, -0.15) is 0 Å². The molecule has 4 aromatic heterocycles. The van der Waals surface area contributed by atoms with Crippen LogP contribution in [0.2, 0.25) is 0 Å². The molecule has 0 amide bonds. The molecular weight excluding hydrogens is 749 g/mol. The van der Waals surface area contributed by atoms with Crippen LogP contribution in [0.15, 0.2) is 218 Å². The maximum absolute atomic E-state index is 5.44. The Kier molecular flexibility index (Phi) is 7.76. The van der Waals surface area contributed by atoms with Gasteiger partial charge in [0.25, 0.3) is 0 Å². The predicted octanol–water partition coefficient (Wildman–Crippen LogP) is 9.36. The third kappa shape index (κ3) is 5.09. The molecule has 4 heterocycles. The van der Waals surface area contributed by atoms with E-state index in [2.05, 4.69) is 214 Å². The van der Waals surface area contributed by atoms with Crippen molar-refractivity contribution >= 4 is 78.5 Å². The first-order valence-electron chi connectivity index (χ1n) is 20.3. The number of rotatable bonds is 7. The fourth-order valence-electron chi connectivity index (χ4n) is 9.46. The van der Waals surface area contributed by atoms with Crippen LogP contribution in [0, 0.1) is 0 Å². The van der Waals surface area contributed by atoms with Crippen LogP contribution in [0.5, 0.6) is 0 Å². The molecule has 0 N–H and O–H groups in total. The molecule has 8 aromatic carbocycles. The number of hydrogen-bond acceptors (Lipinski definition) is 3. The van der Waals surface area contributed by atoms with Gasteiger partial charge in [0.1, 0.15) is 11.6 Å². The van der Waals surface area contributed by atoms with Crippen molar-refractivity contribution in [3.63, 3.8) is 0 Å². The first kappa shape index (κ1) is 34.2. The van der Waals surface area contributed by atoms with Crippen molar-refractivity contribution in [3.05, 3.63) is 218 Å². The maximum atomic E-state index is 5.44. The number of fused-ring (bicyclic) bond motifs is 8. The zero-order valence-electron chi connectivity index (χ0n) is 32.5. The Morgan fingerprint density at radius 3 is 1.37 bits per heavy atom. The molecule has 6 nitrogen and oxygen atoms in total. The Labute approximate surface area is 346 Å². The van der Waals surface area contributed by atoms with Crippen molar-refractivity contribution < 1.29 is 0 Å². The zero-order valence-corrected chi connectivity index (χ0v) is 33.5. The lowest BCUT2D eigenvalue weighted by Gasteiger charge is -2.34. The standard InChI is InChI=1S/C53H36N6Si/c1-5-19-37(20-6-1)52-55-50(57-45-29-15-13-27-42(45)43-28-14-16-30-46(43)57)36-51(56-52)59-48-32-18-17-31-47(48)58-49-35-41(33-34-44(49)54-53(58)59)60(38-21-7-2-8-22-38,39-23-9-3-10-24-39)40-25-11-4-12-26-40/h1-36H. The van der Waals surface area contributed by atoms with E-state index < -0.39 is 8.07 Å². The molecule has 12 rings (SSSR count). The molecule has 0 aliphatic heterocycles. The van der Waals surface area contributed by atoms with Gasteiger partial charge in [-0.3, -0.25) is 13.5 Å². The third-order valence-electron chi connectivity index (χ3n) is 12.0. The van der Waals surface area contributed by atoms with Crippen molar-refractivity contribution in [1.29, 1.82) is 0 Å². The second kappa shape index (κ2) is 13.6. The molecule has 0 spiro atoms. The van der Waals surface area contributed by atoms with Gasteiger partial charge in [0.05, 0.1) is 33.1 Å². The Hall–Kier alpha value is -7.87. The minimum absolute atomic E-state index is 0.642. The van der Waals surface area contributed by atoms with Gasteiger partial charge >= 0.3 is 0 Å². The van der Waals surface area contributed by atoms with E-state index in [1.165, 1.54) is 31.5 Å². The third-order valence-corrected chi connectivity index (χ3v) is 16.8. The average molecular weight is 785 g/mol.